The average molecular weight is 291 g/mol. The Morgan fingerprint density at radius 1 is 1.33 bits per heavy atom. The molecule has 0 bridgehead atoms. The maximum absolute atomic E-state index is 12.3. The van der Waals surface area contributed by atoms with Crippen molar-refractivity contribution in [3.05, 3.63) is 11.9 Å². The lowest BCUT2D eigenvalue weighted by atomic mass is 10.00. The third kappa shape index (κ3) is 3.43. The summed E-state index contributed by atoms with van der Waals surface area (Å²) in [6, 6.07) is 0.594. The Morgan fingerprint density at radius 2 is 2.05 bits per heavy atom. The highest BCUT2D eigenvalue weighted by molar-refractivity contribution is 5.92. The summed E-state index contributed by atoms with van der Waals surface area (Å²) < 4.78 is 1.86. The van der Waals surface area contributed by atoms with E-state index in [1.807, 2.05) is 4.68 Å². The van der Waals surface area contributed by atoms with Crippen LogP contribution in [0, 0.1) is 5.92 Å². The predicted molar refractivity (Wildman–Crippen MR) is 80.0 cm³/mol. The molecule has 0 radical (unpaired) electrons. The number of amides is 1. The van der Waals surface area contributed by atoms with Crippen LogP contribution in [0.2, 0.25) is 0 Å². The monoisotopic (exact) mass is 291 g/mol. The molecule has 1 saturated heterocycles. The lowest BCUT2D eigenvalue weighted by molar-refractivity contribution is 0.0922. The van der Waals surface area contributed by atoms with E-state index < -0.39 is 0 Å². The molecule has 1 unspecified atom stereocenters. The van der Waals surface area contributed by atoms with E-state index in [0.29, 0.717) is 17.7 Å². The van der Waals surface area contributed by atoms with Gasteiger partial charge in [-0.1, -0.05) is 18.1 Å². The maximum Gasteiger partial charge on any atom is 0.273 e. The highest BCUT2D eigenvalue weighted by atomic mass is 16.2. The van der Waals surface area contributed by atoms with Crippen molar-refractivity contribution in [1.29, 1.82) is 0 Å². The minimum atomic E-state index is -0.0883. The molecule has 21 heavy (non-hydrogen) atoms. The molecule has 1 aromatic rings. The largest absolute Gasteiger partial charge is 0.348 e. The summed E-state index contributed by atoms with van der Waals surface area (Å²) >= 11 is 0. The van der Waals surface area contributed by atoms with Crippen molar-refractivity contribution in [2.45, 2.75) is 57.5 Å². The van der Waals surface area contributed by atoms with Crippen molar-refractivity contribution >= 4 is 5.91 Å². The number of nitrogens with zero attached hydrogens (tertiary/aromatic N) is 3. The molecular weight excluding hydrogens is 266 g/mol. The van der Waals surface area contributed by atoms with Gasteiger partial charge in [0.15, 0.2) is 5.69 Å². The summed E-state index contributed by atoms with van der Waals surface area (Å²) in [6.07, 6.45) is 8.92. The number of piperidine rings is 1. The zero-order valence-electron chi connectivity index (χ0n) is 12.7. The molecule has 0 spiro atoms. The number of carbonyl (C=O) groups is 1. The molecule has 1 atom stereocenters. The van der Waals surface area contributed by atoms with E-state index in [-0.39, 0.29) is 11.9 Å². The lowest BCUT2D eigenvalue weighted by Gasteiger charge is -2.22. The summed E-state index contributed by atoms with van der Waals surface area (Å²) in [5, 5.41) is 14.6. The fraction of sp³-hybridized carbons (Fsp3) is 0.800. The molecule has 1 saturated carbocycles. The first-order valence-electron chi connectivity index (χ1n) is 8.17. The molecule has 116 valence electrons. The second-order valence-corrected chi connectivity index (χ2v) is 6.37. The molecule has 2 fully saturated rings. The topological polar surface area (TPSA) is 71.8 Å². The van der Waals surface area contributed by atoms with E-state index >= 15 is 0 Å². The van der Waals surface area contributed by atoms with Gasteiger partial charge in [0.25, 0.3) is 5.91 Å². The molecule has 3 rings (SSSR count). The van der Waals surface area contributed by atoms with Gasteiger partial charge in [0.1, 0.15) is 0 Å². The van der Waals surface area contributed by atoms with Crippen molar-refractivity contribution in [1.82, 2.24) is 25.6 Å². The minimum Gasteiger partial charge on any atom is -0.348 e. The quantitative estimate of drug-likeness (QED) is 0.882. The Balaban J connectivity index is 1.58. The van der Waals surface area contributed by atoms with Gasteiger partial charge in [0.2, 0.25) is 0 Å². The van der Waals surface area contributed by atoms with Gasteiger partial charge in [-0.05, 0) is 51.6 Å². The molecule has 6 heteroatoms. The smallest absolute Gasteiger partial charge is 0.273 e. The first-order chi connectivity index (χ1) is 10.2. The van der Waals surface area contributed by atoms with Crippen LogP contribution in [0.15, 0.2) is 6.20 Å². The maximum atomic E-state index is 12.3. The molecule has 1 aromatic heterocycles. The van der Waals surface area contributed by atoms with Crippen LogP contribution in [0.1, 0.15) is 62.0 Å². The Hall–Kier alpha value is -1.43. The van der Waals surface area contributed by atoms with E-state index in [0.717, 1.165) is 25.9 Å². The van der Waals surface area contributed by atoms with E-state index in [4.69, 9.17) is 0 Å². The van der Waals surface area contributed by atoms with Gasteiger partial charge in [0, 0.05) is 6.04 Å². The first kappa shape index (κ1) is 14.5. The Morgan fingerprint density at radius 3 is 2.76 bits per heavy atom. The molecule has 6 nitrogen and oxygen atoms in total. The molecule has 2 aliphatic rings. The lowest BCUT2D eigenvalue weighted by Crippen LogP contribution is -2.37. The van der Waals surface area contributed by atoms with Gasteiger partial charge in [-0.2, -0.15) is 0 Å². The molecule has 2 heterocycles. The van der Waals surface area contributed by atoms with Crippen LogP contribution in [0.5, 0.6) is 0 Å². The molecule has 1 amide bonds. The van der Waals surface area contributed by atoms with Crippen LogP contribution in [0.3, 0.4) is 0 Å². The van der Waals surface area contributed by atoms with Crippen LogP contribution >= 0.6 is 0 Å². The summed E-state index contributed by atoms with van der Waals surface area (Å²) in [6.45, 7) is 4.11. The van der Waals surface area contributed by atoms with Gasteiger partial charge >= 0.3 is 0 Å². The zero-order valence-corrected chi connectivity index (χ0v) is 12.7. The Labute approximate surface area is 125 Å². The molecule has 0 aromatic carbocycles. The second kappa shape index (κ2) is 6.56. The molecular formula is C15H25N5O. The van der Waals surface area contributed by atoms with Crippen LogP contribution in [0.25, 0.3) is 0 Å². The highest BCUT2D eigenvalue weighted by Gasteiger charge is 2.24. The summed E-state index contributed by atoms with van der Waals surface area (Å²) in [7, 11) is 0. The third-order valence-electron chi connectivity index (χ3n) is 4.89. The van der Waals surface area contributed by atoms with Crippen LogP contribution in [-0.2, 0) is 0 Å². The summed E-state index contributed by atoms with van der Waals surface area (Å²) in [5.74, 6) is 0.531. The number of carbonyl (C=O) groups excluding carboxylic acids is 1. The van der Waals surface area contributed by atoms with Crippen molar-refractivity contribution in [2.75, 3.05) is 13.1 Å². The third-order valence-corrected chi connectivity index (χ3v) is 4.89. The van der Waals surface area contributed by atoms with E-state index in [1.165, 1.54) is 25.7 Å². The molecule has 2 N–H and O–H groups in total. The minimum absolute atomic E-state index is 0.0883. The van der Waals surface area contributed by atoms with Gasteiger partial charge in [-0.15, -0.1) is 5.10 Å². The van der Waals surface area contributed by atoms with Crippen LogP contribution < -0.4 is 10.6 Å². The molecule has 1 aliphatic heterocycles. The van der Waals surface area contributed by atoms with E-state index in [1.54, 1.807) is 6.20 Å². The Kier molecular flexibility index (Phi) is 4.53. The predicted octanol–water partition coefficient (Wildman–Crippen LogP) is 1.51. The number of hydrogen-bond acceptors (Lipinski definition) is 4. The van der Waals surface area contributed by atoms with Crippen molar-refractivity contribution < 1.29 is 4.79 Å². The SMILES string of the molecule is CC(NC(=O)c1cn(C2CCNCC2)nn1)C1CCCC1. The molecule has 1 aliphatic carbocycles. The van der Waals surface area contributed by atoms with E-state index in [9.17, 15) is 4.79 Å². The Bertz CT molecular complexity index is 474. The zero-order chi connectivity index (χ0) is 14.7. The van der Waals surface area contributed by atoms with Crippen LogP contribution in [0.4, 0.5) is 0 Å². The van der Waals surface area contributed by atoms with Crippen molar-refractivity contribution in [3.63, 3.8) is 0 Å². The number of rotatable bonds is 4. The second-order valence-electron chi connectivity index (χ2n) is 6.37. The number of aromatic nitrogens is 3. The van der Waals surface area contributed by atoms with Crippen molar-refractivity contribution in [2.24, 2.45) is 5.92 Å². The van der Waals surface area contributed by atoms with Gasteiger partial charge in [-0.3, -0.25) is 4.79 Å². The average Bonchev–Trinajstić information content (AvgIpc) is 3.20. The van der Waals surface area contributed by atoms with Crippen molar-refractivity contribution in [3.8, 4) is 0 Å². The first-order valence-corrected chi connectivity index (χ1v) is 8.17. The van der Waals surface area contributed by atoms with Gasteiger partial charge in [-0.25, -0.2) is 4.68 Å². The standard InChI is InChI=1S/C15H25N5O/c1-11(12-4-2-3-5-12)17-15(21)14-10-20(19-18-14)13-6-8-16-9-7-13/h10-13,16H,2-9H2,1H3,(H,17,21). The van der Waals surface area contributed by atoms with E-state index in [2.05, 4.69) is 27.9 Å². The van der Waals surface area contributed by atoms with Crippen LogP contribution in [-0.4, -0.2) is 40.0 Å². The number of hydrogen-bond donors (Lipinski definition) is 2. The fourth-order valence-corrected chi connectivity index (χ4v) is 3.49. The highest BCUT2D eigenvalue weighted by Crippen LogP contribution is 2.27. The fourth-order valence-electron chi connectivity index (χ4n) is 3.49. The van der Waals surface area contributed by atoms with Gasteiger partial charge in [0.05, 0.1) is 12.2 Å². The van der Waals surface area contributed by atoms with Gasteiger partial charge < -0.3 is 10.6 Å². The normalized spacial score (nSPS) is 22.3. The summed E-state index contributed by atoms with van der Waals surface area (Å²) in [5.41, 5.74) is 0.443. The summed E-state index contributed by atoms with van der Waals surface area (Å²) in [4.78, 5) is 12.3. The number of nitrogens with one attached hydrogen (secondary N) is 2.